The van der Waals surface area contributed by atoms with Crippen molar-refractivity contribution < 1.29 is 18.7 Å². The second-order valence-electron chi connectivity index (χ2n) is 6.70. The standard InChI is InChI=1S/C19H23FN4O3S2/c20-14-3-1-2-13(6-14)9-24-4-5-27-16(10-24)8-22-18(26)12-29-19-23-15(11-28-19)7-17(21)25/h1-3,6,11,16H,4-5,7-10,12H2,(H2,21,25)(H,22,26). The number of morpholine rings is 1. The van der Waals surface area contributed by atoms with Crippen molar-refractivity contribution in [3.05, 3.63) is 46.7 Å². The molecular weight excluding hydrogens is 415 g/mol. The van der Waals surface area contributed by atoms with Crippen LogP contribution in [0.15, 0.2) is 34.0 Å². The van der Waals surface area contributed by atoms with E-state index in [1.807, 2.05) is 6.07 Å². The molecule has 2 aromatic rings. The lowest BCUT2D eigenvalue weighted by atomic mass is 10.2. The zero-order valence-corrected chi connectivity index (χ0v) is 17.4. The van der Waals surface area contributed by atoms with Gasteiger partial charge in [0.2, 0.25) is 11.8 Å². The zero-order valence-electron chi connectivity index (χ0n) is 15.8. The molecular formula is C19H23FN4O3S2. The molecule has 1 fully saturated rings. The Kier molecular flexibility index (Phi) is 7.99. The van der Waals surface area contributed by atoms with E-state index in [2.05, 4.69) is 15.2 Å². The summed E-state index contributed by atoms with van der Waals surface area (Å²) in [6.45, 7) is 3.09. The normalized spacial score (nSPS) is 17.2. The molecule has 1 unspecified atom stereocenters. The van der Waals surface area contributed by atoms with Gasteiger partial charge in [-0.25, -0.2) is 9.37 Å². The van der Waals surface area contributed by atoms with Crippen molar-refractivity contribution in [3.63, 3.8) is 0 Å². The number of thioether (sulfide) groups is 1. The van der Waals surface area contributed by atoms with E-state index in [0.717, 1.165) is 16.4 Å². The third-order valence-corrected chi connectivity index (χ3v) is 6.33. The smallest absolute Gasteiger partial charge is 0.230 e. The molecule has 10 heteroatoms. The Morgan fingerprint density at radius 2 is 2.31 bits per heavy atom. The summed E-state index contributed by atoms with van der Waals surface area (Å²) in [6.07, 6.45) is 0.00212. The molecule has 2 amide bonds. The van der Waals surface area contributed by atoms with Gasteiger partial charge in [-0.2, -0.15) is 0 Å². The molecule has 7 nitrogen and oxygen atoms in total. The number of ether oxygens (including phenoxy) is 1. The van der Waals surface area contributed by atoms with E-state index < -0.39 is 5.91 Å². The number of hydrogen-bond acceptors (Lipinski definition) is 7. The molecule has 1 aromatic heterocycles. The van der Waals surface area contributed by atoms with Crippen LogP contribution in [0.1, 0.15) is 11.3 Å². The molecule has 0 aliphatic carbocycles. The molecule has 29 heavy (non-hydrogen) atoms. The fourth-order valence-electron chi connectivity index (χ4n) is 2.96. The minimum Gasteiger partial charge on any atom is -0.374 e. The molecule has 0 radical (unpaired) electrons. The molecule has 3 N–H and O–H groups in total. The van der Waals surface area contributed by atoms with Crippen LogP contribution in [0.3, 0.4) is 0 Å². The van der Waals surface area contributed by atoms with Gasteiger partial charge in [0, 0.05) is 31.6 Å². The lowest BCUT2D eigenvalue weighted by molar-refractivity contribution is -0.120. The minimum atomic E-state index is -0.427. The quantitative estimate of drug-likeness (QED) is 0.575. The highest BCUT2D eigenvalue weighted by Gasteiger charge is 2.21. The summed E-state index contributed by atoms with van der Waals surface area (Å²) in [5.74, 6) is -0.529. The number of amides is 2. The van der Waals surface area contributed by atoms with Crippen LogP contribution >= 0.6 is 23.1 Å². The average molecular weight is 439 g/mol. The number of carbonyl (C=O) groups is 2. The van der Waals surface area contributed by atoms with Crippen LogP contribution in [0.4, 0.5) is 4.39 Å². The molecule has 0 saturated carbocycles. The van der Waals surface area contributed by atoms with Gasteiger partial charge >= 0.3 is 0 Å². The highest BCUT2D eigenvalue weighted by atomic mass is 32.2. The van der Waals surface area contributed by atoms with E-state index in [0.29, 0.717) is 31.9 Å². The Bertz CT molecular complexity index is 848. The molecule has 156 valence electrons. The maximum Gasteiger partial charge on any atom is 0.230 e. The number of halogens is 1. The molecule has 1 aliphatic heterocycles. The Hall–Kier alpha value is -2.01. The predicted octanol–water partition coefficient (Wildman–Crippen LogP) is 1.42. The third kappa shape index (κ3) is 7.39. The van der Waals surface area contributed by atoms with Gasteiger partial charge in [0.05, 0.1) is 30.6 Å². The number of hydrogen-bond donors (Lipinski definition) is 2. The second kappa shape index (κ2) is 10.7. The number of benzene rings is 1. The molecule has 2 heterocycles. The third-order valence-electron chi connectivity index (χ3n) is 4.26. The maximum absolute atomic E-state index is 13.3. The Labute approximate surface area is 176 Å². The van der Waals surface area contributed by atoms with Gasteiger partial charge in [-0.15, -0.1) is 11.3 Å². The summed E-state index contributed by atoms with van der Waals surface area (Å²) < 4.78 is 19.8. The van der Waals surface area contributed by atoms with Gasteiger partial charge in [0.1, 0.15) is 5.82 Å². The van der Waals surface area contributed by atoms with Crippen LogP contribution in [-0.4, -0.2) is 59.8 Å². The summed E-state index contributed by atoms with van der Waals surface area (Å²) in [4.78, 5) is 29.5. The van der Waals surface area contributed by atoms with Crippen molar-refractivity contribution in [1.82, 2.24) is 15.2 Å². The van der Waals surface area contributed by atoms with Gasteiger partial charge in [0.15, 0.2) is 4.34 Å². The van der Waals surface area contributed by atoms with Crippen molar-refractivity contribution in [2.24, 2.45) is 5.73 Å². The summed E-state index contributed by atoms with van der Waals surface area (Å²) in [7, 11) is 0. The highest BCUT2D eigenvalue weighted by Crippen LogP contribution is 2.22. The SMILES string of the molecule is NC(=O)Cc1csc(SCC(=O)NCC2CN(Cc3cccc(F)c3)CCO2)n1. The van der Waals surface area contributed by atoms with Gasteiger partial charge in [-0.3, -0.25) is 14.5 Å². The van der Waals surface area contributed by atoms with Crippen molar-refractivity contribution >= 4 is 34.9 Å². The molecule has 0 bridgehead atoms. The van der Waals surface area contributed by atoms with Crippen LogP contribution in [0, 0.1) is 5.82 Å². The Balaban J connectivity index is 1.38. The molecule has 1 saturated heterocycles. The van der Waals surface area contributed by atoms with Crippen LogP contribution in [0.25, 0.3) is 0 Å². The first-order valence-electron chi connectivity index (χ1n) is 9.18. The lowest BCUT2D eigenvalue weighted by Crippen LogP contribution is -2.47. The first-order chi connectivity index (χ1) is 14.0. The van der Waals surface area contributed by atoms with Crippen LogP contribution in [0.5, 0.6) is 0 Å². The van der Waals surface area contributed by atoms with E-state index >= 15 is 0 Å². The number of carbonyl (C=O) groups excluding carboxylic acids is 2. The maximum atomic E-state index is 13.3. The Morgan fingerprint density at radius 1 is 1.45 bits per heavy atom. The summed E-state index contributed by atoms with van der Waals surface area (Å²) in [5, 5.41) is 4.66. The topological polar surface area (TPSA) is 97.5 Å². The number of nitrogens with two attached hydrogens (primary N) is 1. The fourth-order valence-corrected chi connectivity index (χ4v) is 4.64. The number of thiazole rings is 1. The largest absolute Gasteiger partial charge is 0.374 e. The number of nitrogens with zero attached hydrogens (tertiary/aromatic N) is 2. The summed E-state index contributed by atoms with van der Waals surface area (Å²) >= 11 is 2.71. The molecule has 1 aliphatic rings. The Morgan fingerprint density at radius 3 is 3.10 bits per heavy atom. The number of nitrogens with one attached hydrogen (secondary N) is 1. The molecule has 1 aromatic carbocycles. The summed E-state index contributed by atoms with van der Waals surface area (Å²) in [5.41, 5.74) is 6.69. The van der Waals surface area contributed by atoms with Gasteiger partial charge < -0.3 is 15.8 Å². The second-order valence-corrected chi connectivity index (χ2v) is 8.78. The van der Waals surface area contributed by atoms with Crippen LogP contribution in [0.2, 0.25) is 0 Å². The first kappa shape index (κ1) is 21.7. The fraction of sp³-hybridized carbons (Fsp3) is 0.421. The van der Waals surface area contributed by atoms with Crippen molar-refractivity contribution in [2.75, 3.05) is 32.0 Å². The van der Waals surface area contributed by atoms with Crippen molar-refractivity contribution in [2.45, 2.75) is 23.4 Å². The highest BCUT2D eigenvalue weighted by molar-refractivity contribution is 8.01. The minimum absolute atomic E-state index is 0.103. The monoisotopic (exact) mass is 438 g/mol. The van der Waals surface area contributed by atoms with Gasteiger partial charge in [-0.05, 0) is 17.7 Å². The van der Waals surface area contributed by atoms with E-state index in [1.54, 1.807) is 11.4 Å². The van der Waals surface area contributed by atoms with Crippen molar-refractivity contribution in [3.8, 4) is 0 Å². The molecule has 0 spiro atoms. The van der Waals surface area contributed by atoms with Crippen LogP contribution < -0.4 is 11.1 Å². The van der Waals surface area contributed by atoms with E-state index in [-0.39, 0.29) is 30.0 Å². The van der Waals surface area contributed by atoms with Gasteiger partial charge in [0.25, 0.3) is 0 Å². The van der Waals surface area contributed by atoms with E-state index in [4.69, 9.17) is 10.5 Å². The van der Waals surface area contributed by atoms with Gasteiger partial charge in [-0.1, -0.05) is 23.9 Å². The predicted molar refractivity (Wildman–Crippen MR) is 110 cm³/mol. The number of rotatable bonds is 9. The van der Waals surface area contributed by atoms with E-state index in [9.17, 15) is 14.0 Å². The number of aromatic nitrogens is 1. The first-order valence-corrected chi connectivity index (χ1v) is 11.0. The molecule has 3 rings (SSSR count). The average Bonchev–Trinajstić information content (AvgIpc) is 3.12. The molecule has 1 atom stereocenters. The lowest BCUT2D eigenvalue weighted by Gasteiger charge is -2.33. The van der Waals surface area contributed by atoms with Crippen molar-refractivity contribution in [1.29, 1.82) is 0 Å². The van der Waals surface area contributed by atoms with Crippen LogP contribution in [-0.2, 0) is 27.3 Å². The summed E-state index contributed by atoms with van der Waals surface area (Å²) in [6, 6.07) is 6.58. The zero-order chi connectivity index (χ0) is 20.6. The van der Waals surface area contributed by atoms with E-state index in [1.165, 1.54) is 35.2 Å². The number of primary amides is 1.